The van der Waals surface area contributed by atoms with Crippen molar-refractivity contribution < 1.29 is 18.0 Å². The Morgan fingerprint density at radius 3 is 2.54 bits per heavy atom. The highest BCUT2D eigenvalue weighted by molar-refractivity contribution is 7.09. The van der Waals surface area contributed by atoms with Crippen molar-refractivity contribution in [1.82, 2.24) is 9.47 Å². The first kappa shape index (κ1) is 18.3. The highest BCUT2D eigenvalue weighted by atomic mass is 32.1. The lowest BCUT2D eigenvalue weighted by atomic mass is 10.1. The van der Waals surface area contributed by atoms with Crippen LogP contribution in [0.1, 0.15) is 26.5 Å². The van der Waals surface area contributed by atoms with Crippen LogP contribution in [0.3, 0.4) is 0 Å². The van der Waals surface area contributed by atoms with Crippen LogP contribution >= 0.6 is 11.3 Å². The van der Waals surface area contributed by atoms with E-state index in [2.05, 4.69) is 0 Å². The fourth-order valence-corrected chi connectivity index (χ4v) is 3.38. The van der Waals surface area contributed by atoms with E-state index in [1.165, 1.54) is 23.5 Å². The molecule has 3 nitrogen and oxygen atoms in total. The zero-order chi connectivity index (χ0) is 18.7. The Bertz CT molecular complexity index is 884. The van der Waals surface area contributed by atoms with Crippen LogP contribution in [-0.2, 0) is 26.3 Å². The lowest BCUT2D eigenvalue weighted by molar-refractivity contribution is -0.137. The van der Waals surface area contributed by atoms with E-state index in [0.717, 1.165) is 22.7 Å². The van der Waals surface area contributed by atoms with E-state index in [4.69, 9.17) is 0 Å². The van der Waals surface area contributed by atoms with Gasteiger partial charge in [0.1, 0.15) is 0 Å². The third-order valence-electron chi connectivity index (χ3n) is 4.06. The molecule has 1 aromatic carbocycles. The second-order valence-electron chi connectivity index (χ2n) is 5.93. The van der Waals surface area contributed by atoms with Gasteiger partial charge in [-0.25, -0.2) is 0 Å². The van der Waals surface area contributed by atoms with Gasteiger partial charge in [0.2, 0.25) is 0 Å². The van der Waals surface area contributed by atoms with Crippen molar-refractivity contribution in [2.45, 2.75) is 19.3 Å². The van der Waals surface area contributed by atoms with Gasteiger partial charge in [-0.15, -0.1) is 11.3 Å². The van der Waals surface area contributed by atoms with Crippen molar-refractivity contribution >= 4 is 17.2 Å². The number of thiophene rings is 1. The zero-order valence-electron chi connectivity index (χ0n) is 14.0. The highest BCUT2D eigenvalue weighted by Gasteiger charge is 2.31. The standard InChI is InChI=1S/C19H17F3N2OS/c1-23-9-3-7-16(23)12-24(13-17-8-4-10-26-17)18(25)14-5-2-6-15(11-14)19(20,21)22/h2-11H,12-13H2,1H3. The summed E-state index contributed by atoms with van der Waals surface area (Å²) in [6, 6.07) is 12.1. The minimum atomic E-state index is -4.48. The summed E-state index contributed by atoms with van der Waals surface area (Å²) in [5.74, 6) is -0.425. The molecule has 136 valence electrons. The Balaban J connectivity index is 1.90. The molecule has 0 aliphatic carbocycles. The minimum Gasteiger partial charge on any atom is -0.353 e. The van der Waals surface area contributed by atoms with Gasteiger partial charge in [0.15, 0.2) is 0 Å². The largest absolute Gasteiger partial charge is 0.416 e. The van der Waals surface area contributed by atoms with Crippen LogP contribution in [0.25, 0.3) is 0 Å². The fraction of sp³-hybridized carbons (Fsp3) is 0.211. The number of halogens is 3. The number of amides is 1. The van der Waals surface area contributed by atoms with Crippen molar-refractivity contribution in [2.24, 2.45) is 7.05 Å². The van der Waals surface area contributed by atoms with Gasteiger partial charge in [0.25, 0.3) is 5.91 Å². The maximum absolute atomic E-state index is 13.0. The highest BCUT2D eigenvalue weighted by Crippen LogP contribution is 2.30. The van der Waals surface area contributed by atoms with Gasteiger partial charge in [0.05, 0.1) is 18.7 Å². The lowest BCUT2D eigenvalue weighted by Gasteiger charge is -2.23. The molecule has 7 heteroatoms. The number of hydrogen-bond donors (Lipinski definition) is 0. The smallest absolute Gasteiger partial charge is 0.353 e. The third kappa shape index (κ3) is 4.16. The lowest BCUT2D eigenvalue weighted by Crippen LogP contribution is -2.30. The molecule has 0 spiro atoms. The van der Waals surface area contributed by atoms with Crippen LogP contribution in [0, 0.1) is 0 Å². The minimum absolute atomic E-state index is 0.0330. The number of alkyl halides is 3. The van der Waals surface area contributed by atoms with Gasteiger partial charge >= 0.3 is 6.18 Å². The summed E-state index contributed by atoms with van der Waals surface area (Å²) >= 11 is 1.51. The average Bonchev–Trinajstić information content (AvgIpc) is 3.25. The number of hydrogen-bond acceptors (Lipinski definition) is 2. The molecule has 2 aromatic heterocycles. The Labute approximate surface area is 153 Å². The quantitative estimate of drug-likeness (QED) is 0.617. The van der Waals surface area contributed by atoms with E-state index in [1.807, 2.05) is 47.5 Å². The van der Waals surface area contributed by atoms with Gasteiger partial charge < -0.3 is 9.47 Å². The summed E-state index contributed by atoms with van der Waals surface area (Å²) in [5.41, 5.74) is 0.116. The maximum atomic E-state index is 13.0. The molecular formula is C19H17F3N2OS. The molecule has 3 aromatic rings. The predicted octanol–water partition coefficient (Wildman–Crippen LogP) is 4.95. The third-order valence-corrected chi connectivity index (χ3v) is 4.92. The molecule has 0 aliphatic rings. The van der Waals surface area contributed by atoms with Gasteiger partial charge in [-0.05, 0) is 41.8 Å². The van der Waals surface area contributed by atoms with Crippen LogP contribution in [0.5, 0.6) is 0 Å². The fourth-order valence-electron chi connectivity index (χ4n) is 2.66. The Morgan fingerprint density at radius 2 is 1.92 bits per heavy atom. The molecule has 0 atom stereocenters. The van der Waals surface area contributed by atoms with Crippen LogP contribution < -0.4 is 0 Å². The number of aromatic nitrogens is 1. The molecule has 0 bridgehead atoms. The van der Waals surface area contributed by atoms with Gasteiger partial charge in [-0.1, -0.05) is 12.1 Å². The van der Waals surface area contributed by atoms with E-state index in [9.17, 15) is 18.0 Å². The predicted molar refractivity (Wildman–Crippen MR) is 94.8 cm³/mol. The monoisotopic (exact) mass is 378 g/mol. The molecule has 3 rings (SSSR count). The van der Waals surface area contributed by atoms with E-state index in [-0.39, 0.29) is 5.56 Å². The molecule has 0 saturated heterocycles. The van der Waals surface area contributed by atoms with Crippen LogP contribution in [-0.4, -0.2) is 15.4 Å². The second kappa shape index (κ2) is 7.37. The van der Waals surface area contributed by atoms with Gasteiger partial charge in [0, 0.05) is 29.4 Å². The van der Waals surface area contributed by atoms with Crippen molar-refractivity contribution in [3.05, 3.63) is 81.8 Å². The number of carbonyl (C=O) groups is 1. The van der Waals surface area contributed by atoms with E-state index >= 15 is 0 Å². The summed E-state index contributed by atoms with van der Waals surface area (Å²) in [6.07, 6.45) is -2.61. The van der Waals surface area contributed by atoms with Crippen LogP contribution in [0.4, 0.5) is 13.2 Å². The number of carbonyl (C=O) groups excluding carboxylic acids is 1. The zero-order valence-corrected chi connectivity index (χ0v) is 14.8. The molecule has 0 unspecified atom stereocenters. The summed E-state index contributed by atoms with van der Waals surface area (Å²) in [4.78, 5) is 15.5. The molecule has 26 heavy (non-hydrogen) atoms. The first-order valence-electron chi connectivity index (χ1n) is 7.94. The van der Waals surface area contributed by atoms with Crippen LogP contribution in [0.15, 0.2) is 60.1 Å². The summed E-state index contributed by atoms with van der Waals surface area (Å²) in [5, 5.41) is 1.91. The van der Waals surface area contributed by atoms with Crippen molar-refractivity contribution in [3.63, 3.8) is 0 Å². The number of aryl methyl sites for hydroxylation is 1. The summed E-state index contributed by atoms with van der Waals surface area (Å²) in [7, 11) is 1.87. The second-order valence-corrected chi connectivity index (χ2v) is 6.96. The van der Waals surface area contributed by atoms with E-state index in [0.29, 0.717) is 13.1 Å². The van der Waals surface area contributed by atoms with E-state index < -0.39 is 17.6 Å². The molecule has 2 heterocycles. The average molecular weight is 378 g/mol. The van der Waals surface area contributed by atoms with E-state index in [1.54, 1.807) is 4.90 Å². The van der Waals surface area contributed by atoms with Crippen molar-refractivity contribution in [3.8, 4) is 0 Å². The normalized spacial score (nSPS) is 11.5. The Hall–Kier alpha value is -2.54. The molecule has 1 amide bonds. The first-order chi connectivity index (χ1) is 12.3. The molecule has 0 radical (unpaired) electrons. The topological polar surface area (TPSA) is 25.2 Å². The van der Waals surface area contributed by atoms with Crippen molar-refractivity contribution in [2.75, 3.05) is 0 Å². The maximum Gasteiger partial charge on any atom is 0.416 e. The molecule has 0 saturated carbocycles. The van der Waals surface area contributed by atoms with Gasteiger partial charge in [-0.2, -0.15) is 13.2 Å². The molecule has 0 aliphatic heterocycles. The molecule has 0 N–H and O–H groups in total. The number of rotatable bonds is 5. The number of nitrogens with zero attached hydrogens (tertiary/aromatic N) is 2. The van der Waals surface area contributed by atoms with Crippen molar-refractivity contribution in [1.29, 1.82) is 0 Å². The van der Waals surface area contributed by atoms with Gasteiger partial charge in [-0.3, -0.25) is 4.79 Å². The molecular weight excluding hydrogens is 361 g/mol. The summed E-state index contributed by atoms with van der Waals surface area (Å²) < 4.78 is 40.8. The SMILES string of the molecule is Cn1cccc1CN(Cc1cccs1)C(=O)c1cccc(C(F)(F)F)c1. The Morgan fingerprint density at radius 1 is 1.12 bits per heavy atom. The van der Waals surface area contributed by atoms with Crippen LogP contribution in [0.2, 0.25) is 0 Å². The number of benzene rings is 1. The summed E-state index contributed by atoms with van der Waals surface area (Å²) in [6.45, 7) is 0.661. The Kier molecular flexibility index (Phi) is 5.18. The molecule has 0 fully saturated rings. The first-order valence-corrected chi connectivity index (χ1v) is 8.81.